The fraction of sp³-hybridized carbons (Fsp3) is 0.929. The number of nitrogens with one attached hydrogen (secondary N) is 2. The Bertz CT molecular complexity index is 248. The first-order valence-electron chi connectivity index (χ1n) is 7.22. The van der Waals surface area contributed by atoms with Crippen molar-refractivity contribution >= 4 is 6.03 Å². The Morgan fingerprint density at radius 2 is 2.00 bits per heavy atom. The molecule has 18 heavy (non-hydrogen) atoms. The predicted molar refractivity (Wildman–Crippen MR) is 73.4 cm³/mol. The van der Waals surface area contributed by atoms with Crippen LogP contribution in [-0.2, 0) is 0 Å². The fourth-order valence-electron chi connectivity index (χ4n) is 2.62. The molecular weight excluding hydrogens is 228 g/mol. The highest BCUT2D eigenvalue weighted by atomic mass is 16.3. The van der Waals surface area contributed by atoms with E-state index in [0.29, 0.717) is 24.3 Å². The third-order valence-electron chi connectivity index (χ3n) is 3.99. The van der Waals surface area contributed by atoms with Crippen molar-refractivity contribution in [2.45, 2.75) is 65.0 Å². The molecule has 0 aromatic rings. The van der Waals surface area contributed by atoms with Crippen LogP contribution in [0.2, 0.25) is 0 Å². The van der Waals surface area contributed by atoms with Crippen LogP contribution in [-0.4, -0.2) is 29.8 Å². The average molecular weight is 256 g/mol. The molecule has 3 unspecified atom stereocenters. The van der Waals surface area contributed by atoms with Gasteiger partial charge in [0.25, 0.3) is 0 Å². The Balaban J connectivity index is 2.39. The van der Waals surface area contributed by atoms with E-state index in [1.165, 1.54) is 19.3 Å². The third-order valence-corrected chi connectivity index (χ3v) is 3.99. The van der Waals surface area contributed by atoms with Gasteiger partial charge in [-0.3, -0.25) is 0 Å². The minimum absolute atomic E-state index is 0.0499. The molecule has 1 fully saturated rings. The summed E-state index contributed by atoms with van der Waals surface area (Å²) in [6.07, 6.45) is 5.39. The third kappa shape index (κ3) is 4.84. The molecule has 3 atom stereocenters. The molecule has 106 valence electrons. The summed E-state index contributed by atoms with van der Waals surface area (Å²) in [5.41, 5.74) is 0. The number of carbonyl (C=O) groups excluding carboxylic acids is 1. The summed E-state index contributed by atoms with van der Waals surface area (Å²) >= 11 is 0. The highest BCUT2D eigenvalue weighted by Gasteiger charge is 2.24. The van der Waals surface area contributed by atoms with Crippen molar-refractivity contribution in [1.82, 2.24) is 10.6 Å². The monoisotopic (exact) mass is 256 g/mol. The van der Waals surface area contributed by atoms with E-state index in [2.05, 4.69) is 31.4 Å². The number of hydrogen-bond donors (Lipinski definition) is 3. The molecule has 1 aliphatic carbocycles. The summed E-state index contributed by atoms with van der Waals surface area (Å²) in [6.45, 7) is 6.44. The first-order chi connectivity index (χ1) is 8.54. The summed E-state index contributed by atoms with van der Waals surface area (Å²) < 4.78 is 0. The van der Waals surface area contributed by atoms with E-state index in [1.807, 2.05) is 0 Å². The minimum atomic E-state index is -0.0825. The van der Waals surface area contributed by atoms with E-state index in [0.717, 1.165) is 6.42 Å². The molecule has 1 aliphatic rings. The second-order valence-electron chi connectivity index (χ2n) is 5.85. The summed E-state index contributed by atoms with van der Waals surface area (Å²) in [5.74, 6) is 0.909. The van der Waals surface area contributed by atoms with Gasteiger partial charge in [0.1, 0.15) is 0 Å². The molecule has 3 N–H and O–H groups in total. The van der Waals surface area contributed by atoms with Crippen molar-refractivity contribution < 1.29 is 9.90 Å². The predicted octanol–water partition coefficient (Wildman–Crippen LogP) is 2.27. The van der Waals surface area contributed by atoms with Gasteiger partial charge in [0.05, 0.1) is 0 Å². The zero-order valence-corrected chi connectivity index (χ0v) is 11.9. The van der Waals surface area contributed by atoms with E-state index >= 15 is 0 Å². The normalized spacial score (nSPS) is 25.8. The molecule has 2 amide bonds. The van der Waals surface area contributed by atoms with Crippen molar-refractivity contribution in [3.05, 3.63) is 0 Å². The van der Waals surface area contributed by atoms with Gasteiger partial charge in [-0.2, -0.15) is 0 Å². The maximum absolute atomic E-state index is 11.9. The van der Waals surface area contributed by atoms with Gasteiger partial charge in [0.2, 0.25) is 0 Å². The van der Waals surface area contributed by atoms with Gasteiger partial charge in [-0.25, -0.2) is 4.79 Å². The van der Waals surface area contributed by atoms with E-state index in [-0.39, 0.29) is 18.7 Å². The van der Waals surface area contributed by atoms with Crippen molar-refractivity contribution in [2.24, 2.45) is 11.8 Å². The smallest absolute Gasteiger partial charge is 0.315 e. The van der Waals surface area contributed by atoms with Gasteiger partial charge >= 0.3 is 6.03 Å². The molecule has 0 bridgehead atoms. The summed E-state index contributed by atoms with van der Waals surface area (Å²) in [6, 6.07) is 0.274. The van der Waals surface area contributed by atoms with Crippen LogP contribution in [0.3, 0.4) is 0 Å². The largest absolute Gasteiger partial charge is 0.396 e. The van der Waals surface area contributed by atoms with Crippen LogP contribution in [0.1, 0.15) is 52.9 Å². The number of aliphatic hydroxyl groups is 1. The van der Waals surface area contributed by atoms with Crippen molar-refractivity contribution in [3.8, 4) is 0 Å². The molecule has 4 nitrogen and oxygen atoms in total. The number of aliphatic hydroxyl groups excluding tert-OH is 1. The molecule has 0 saturated heterocycles. The number of urea groups is 1. The van der Waals surface area contributed by atoms with Crippen LogP contribution in [0.5, 0.6) is 0 Å². The molecule has 0 heterocycles. The van der Waals surface area contributed by atoms with Crippen molar-refractivity contribution in [2.75, 3.05) is 6.61 Å². The van der Waals surface area contributed by atoms with Crippen LogP contribution in [0, 0.1) is 11.8 Å². The second-order valence-corrected chi connectivity index (χ2v) is 5.85. The highest BCUT2D eigenvalue weighted by molar-refractivity contribution is 5.74. The lowest BCUT2D eigenvalue weighted by molar-refractivity contribution is 0.205. The Kier molecular flexibility index (Phi) is 6.47. The topological polar surface area (TPSA) is 61.4 Å². The zero-order valence-electron chi connectivity index (χ0n) is 11.9. The van der Waals surface area contributed by atoms with Crippen LogP contribution < -0.4 is 10.6 Å². The van der Waals surface area contributed by atoms with E-state index in [9.17, 15) is 4.79 Å². The van der Waals surface area contributed by atoms with Gasteiger partial charge in [0, 0.05) is 18.7 Å². The molecular formula is C14H28N2O2. The first-order valence-corrected chi connectivity index (χ1v) is 7.22. The van der Waals surface area contributed by atoms with E-state index in [1.54, 1.807) is 0 Å². The maximum atomic E-state index is 11.9. The SMILES string of the molecule is CC(C)C(CCO)NC(=O)NC1CCCCC1C. The second kappa shape index (κ2) is 7.62. The highest BCUT2D eigenvalue weighted by Crippen LogP contribution is 2.23. The van der Waals surface area contributed by atoms with Gasteiger partial charge in [-0.15, -0.1) is 0 Å². The van der Waals surface area contributed by atoms with E-state index < -0.39 is 0 Å². The van der Waals surface area contributed by atoms with Crippen LogP contribution >= 0.6 is 0 Å². The molecule has 1 saturated carbocycles. The Morgan fingerprint density at radius 3 is 2.56 bits per heavy atom. The van der Waals surface area contributed by atoms with Crippen LogP contribution in [0.4, 0.5) is 4.79 Å². The number of carbonyl (C=O) groups is 1. The average Bonchev–Trinajstić information content (AvgIpc) is 2.31. The summed E-state index contributed by atoms with van der Waals surface area (Å²) in [7, 11) is 0. The Morgan fingerprint density at radius 1 is 1.33 bits per heavy atom. The number of amides is 2. The van der Waals surface area contributed by atoms with Gasteiger partial charge < -0.3 is 15.7 Å². The molecule has 0 radical (unpaired) electrons. The summed E-state index contributed by atoms with van der Waals surface area (Å²) in [4.78, 5) is 11.9. The quantitative estimate of drug-likeness (QED) is 0.706. The molecule has 0 aromatic heterocycles. The molecule has 4 heteroatoms. The van der Waals surface area contributed by atoms with E-state index in [4.69, 9.17) is 5.11 Å². The standard InChI is InChI=1S/C14H28N2O2/c1-10(2)12(8-9-17)15-14(18)16-13-7-5-4-6-11(13)3/h10-13,17H,4-9H2,1-3H3,(H2,15,16,18). The minimum Gasteiger partial charge on any atom is -0.396 e. The van der Waals surface area contributed by atoms with Gasteiger partial charge in [-0.1, -0.05) is 33.6 Å². The van der Waals surface area contributed by atoms with Gasteiger partial charge in [-0.05, 0) is 31.1 Å². The zero-order chi connectivity index (χ0) is 13.5. The lowest BCUT2D eigenvalue weighted by atomic mass is 9.86. The molecule has 0 aliphatic heterocycles. The van der Waals surface area contributed by atoms with Crippen LogP contribution in [0.25, 0.3) is 0 Å². The van der Waals surface area contributed by atoms with Crippen molar-refractivity contribution in [1.29, 1.82) is 0 Å². The van der Waals surface area contributed by atoms with Crippen molar-refractivity contribution in [3.63, 3.8) is 0 Å². The van der Waals surface area contributed by atoms with Gasteiger partial charge in [0.15, 0.2) is 0 Å². The van der Waals surface area contributed by atoms with Crippen LogP contribution in [0.15, 0.2) is 0 Å². The molecule has 1 rings (SSSR count). The maximum Gasteiger partial charge on any atom is 0.315 e. The first kappa shape index (κ1) is 15.3. The Labute approximate surface area is 111 Å². The Hall–Kier alpha value is -0.770. The molecule has 0 spiro atoms. The fourth-order valence-corrected chi connectivity index (χ4v) is 2.62. The number of hydrogen-bond acceptors (Lipinski definition) is 2. The number of rotatable bonds is 5. The summed E-state index contributed by atoms with van der Waals surface area (Å²) in [5, 5.41) is 15.0. The lowest BCUT2D eigenvalue weighted by Gasteiger charge is -2.31. The molecule has 0 aromatic carbocycles. The lowest BCUT2D eigenvalue weighted by Crippen LogP contribution is -2.50.